The number of carbonyl (C=O) groups is 2. The molecule has 9 nitrogen and oxygen atoms in total. The maximum Gasteiger partial charge on any atom is 0.407 e. The van der Waals surface area contributed by atoms with E-state index in [1.807, 2.05) is 51.7 Å². The van der Waals surface area contributed by atoms with E-state index in [0.29, 0.717) is 36.8 Å². The van der Waals surface area contributed by atoms with E-state index in [4.69, 9.17) is 9.15 Å². The molecule has 0 saturated carbocycles. The van der Waals surface area contributed by atoms with Gasteiger partial charge in [-0.05, 0) is 52.2 Å². The molecular formula is C24H35N5O4. The van der Waals surface area contributed by atoms with Gasteiger partial charge in [-0.15, -0.1) is 0 Å². The van der Waals surface area contributed by atoms with Crippen LogP contribution in [0.15, 0.2) is 29.0 Å². The number of nitrogens with zero attached hydrogens (tertiary/aromatic N) is 3. The first-order valence-corrected chi connectivity index (χ1v) is 11.5. The zero-order valence-electron chi connectivity index (χ0n) is 20.2. The van der Waals surface area contributed by atoms with Gasteiger partial charge in [0.05, 0.1) is 12.8 Å². The summed E-state index contributed by atoms with van der Waals surface area (Å²) in [5, 5.41) is 6.05. The molecule has 3 rings (SSSR count). The predicted octanol–water partition coefficient (Wildman–Crippen LogP) is 4.32. The van der Waals surface area contributed by atoms with E-state index in [0.717, 1.165) is 25.0 Å². The number of ether oxygens (including phenoxy) is 1. The third-order valence-corrected chi connectivity index (χ3v) is 5.33. The number of amides is 2. The molecule has 0 spiro atoms. The maximum absolute atomic E-state index is 13.6. The van der Waals surface area contributed by atoms with Crippen LogP contribution in [0.2, 0.25) is 0 Å². The largest absolute Gasteiger partial charge is 0.467 e. The third-order valence-electron chi connectivity index (χ3n) is 5.33. The molecule has 9 heteroatoms. The first-order chi connectivity index (χ1) is 15.6. The molecule has 1 atom stereocenters. The van der Waals surface area contributed by atoms with Gasteiger partial charge in [0.1, 0.15) is 28.6 Å². The number of piperidine rings is 1. The lowest BCUT2D eigenvalue weighted by atomic mass is 10.0. The highest BCUT2D eigenvalue weighted by atomic mass is 16.6. The van der Waals surface area contributed by atoms with Crippen molar-refractivity contribution in [1.82, 2.24) is 20.2 Å². The summed E-state index contributed by atoms with van der Waals surface area (Å²) in [4.78, 5) is 36.6. The number of alkyl carbamates (subject to hydrolysis) is 1. The van der Waals surface area contributed by atoms with Crippen LogP contribution in [0.25, 0.3) is 0 Å². The zero-order chi connectivity index (χ0) is 24.0. The fourth-order valence-corrected chi connectivity index (χ4v) is 3.70. The second-order valence-electron chi connectivity index (χ2n) is 9.61. The van der Waals surface area contributed by atoms with Crippen LogP contribution >= 0.6 is 0 Å². The minimum absolute atomic E-state index is 0.124. The van der Waals surface area contributed by atoms with Crippen LogP contribution in [-0.2, 0) is 11.3 Å². The number of hydrogen-bond acceptors (Lipinski definition) is 7. The first kappa shape index (κ1) is 24.5. The highest BCUT2D eigenvalue weighted by molar-refractivity contribution is 5.98. The van der Waals surface area contributed by atoms with E-state index in [1.54, 1.807) is 12.5 Å². The van der Waals surface area contributed by atoms with Crippen LogP contribution in [0.1, 0.15) is 81.7 Å². The fourth-order valence-electron chi connectivity index (χ4n) is 3.70. The lowest BCUT2D eigenvalue weighted by molar-refractivity contribution is 0.0462. The molecule has 1 unspecified atom stereocenters. The van der Waals surface area contributed by atoms with Crippen LogP contribution in [-0.4, -0.2) is 51.6 Å². The van der Waals surface area contributed by atoms with Crippen molar-refractivity contribution in [2.24, 2.45) is 0 Å². The Labute approximate surface area is 195 Å². The lowest BCUT2D eigenvalue weighted by Gasteiger charge is -2.36. The van der Waals surface area contributed by atoms with Crippen LogP contribution < -0.4 is 10.6 Å². The van der Waals surface area contributed by atoms with Gasteiger partial charge >= 0.3 is 6.09 Å². The van der Waals surface area contributed by atoms with Gasteiger partial charge in [0.15, 0.2) is 0 Å². The van der Waals surface area contributed by atoms with E-state index >= 15 is 0 Å². The minimum atomic E-state index is -0.573. The number of nitrogens with one attached hydrogen (secondary N) is 2. The van der Waals surface area contributed by atoms with Crippen molar-refractivity contribution in [3.8, 4) is 0 Å². The summed E-state index contributed by atoms with van der Waals surface area (Å²) < 4.78 is 10.7. The molecule has 2 N–H and O–H groups in total. The number of hydrogen-bond donors (Lipinski definition) is 2. The molecule has 2 amide bonds. The molecule has 0 aliphatic carbocycles. The maximum atomic E-state index is 13.6. The molecule has 0 aromatic carbocycles. The topological polar surface area (TPSA) is 110 Å². The minimum Gasteiger partial charge on any atom is -0.467 e. The Kier molecular flexibility index (Phi) is 7.94. The molecule has 33 heavy (non-hydrogen) atoms. The fraction of sp³-hybridized carbons (Fsp3) is 0.583. The van der Waals surface area contributed by atoms with Crippen LogP contribution in [0, 0.1) is 0 Å². The third kappa shape index (κ3) is 6.94. The van der Waals surface area contributed by atoms with Crippen LogP contribution in [0.4, 0.5) is 10.6 Å². The highest BCUT2D eigenvalue weighted by Crippen LogP contribution is 2.24. The van der Waals surface area contributed by atoms with Crippen molar-refractivity contribution >= 4 is 17.8 Å². The Morgan fingerprint density at radius 3 is 2.76 bits per heavy atom. The Balaban J connectivity index is 1.76. The summed E-state index contributed by atoms with van der Waals surface area (Å²) in [6, 6.07) is 3.56. The smallest absolute Gasteiger partial charge is 0.407 e. The first-order valence-electron chi connectivity index (χ1n) is 11.5. The summed E-state index contributed by atoms with van der Waals surface area (Å²) in [5.74, 6) is 1.87. The molecule has 2 aromatic rings. The Morgan fingerprint density at radius 1 is 1.30 bits per heavy atom. The number of anilines is 1. The number of carbonyl (C=O) groups excluding carboxylic acids is 2. The van der Waals surface area contributed by atoms with Gasteiger partial charge in [0.25, 0.3) is 5.91 Å². The van der Waals surface area contributed by atoms with Gasteiger partial charge in [-0.1, -0.05) is 13.8 Å². The number of rotatable bonds is 7. The molecule has 180 valence electrons. The van der Waals surface area contributed by atoms with Crippen molar-refractivity contribution in [1.29, 1.82) is 0 Å². The summed E-state index contributed by atoms with van der Waals surface area (Å²) in [7, 11) is 0. The van der Waals surface area contributed by atoms with E-state index in [2.05, 4.69) is 20.6 Å². The monoisotopic (exact) mass is 457 g/mol. The van der Waals surface area contributed by atoms with Gasteiger partial charge in [-0.2, -0.15) is 0 Å². The van der Waals surface area contributed by atoms with E-state index in [9.17, 15) is 9.59 Å². The van der Waals surface area contributed by atoms with E-state index < -0.39 is 11.7 Å². The van der Waals surface area contributed by atoms with Gasteiger partial charge in [-0.25, -0.2) is 14.8 Å². The van der Waals surface area contributed by atoms with E-state index in [1.165, 1.54) is 0 Å². The quantitative estimate of drug-likeness (QED) is 0.637. The molecule has 0 bridgehead atoms. The molecule has 1 aliphatic rings. The molecule has 1 saturated heterocycles. The lowest BCUT2D eigenvalue weighted by Crippen LogP contribution is -2.50. The van der Waals surface area contributed by atoms with Crippen molar-refractivity contribution < 1.29 is 18.7 Å². The van der Waals surface area contributed by atoms with Crippen LogP contribution in [0.5, 0.6) is 0 Å². The standard InChI is InChI=1S/C24H35N5O4/c1-16(2)20-26-15-19(21(28-20)25-14-18-10-8-12-32-18)22(30)29-11-7-6-9-17(29)13-27-23(31)33-24(3,4)5/h8,10,12,15-17H,6-7,9,11,13-14H2,1-5H3,(H,27,31)(H,25,26,28). The zero-order valence-corrected chi connectivity index (χ0v) is 20.2. The summed E-state index contributed by atoms with van der Waals surface area (Å²) in [6.07, 6.45) is 5.44. The van der Waals surface area contributed by atoms with Gasteiger partial charge < -0.3 is 24.7 Å². The second kappa shape index (κ2) is 10.7. The summed E-state index contributed by atoms with van der Waals surface area (Å²) in [5.41, 5.74) is -0.161. The molecule has 1 aliphatic heterocycles. The van der Waals surface area contributed by atoms with Crippen LogP contribution in [0.3, 0.4) is 0 Å². The van der Waals surface area contributed by atoms with Crippen molar-refractivity contribution in [3.05, 3.63) is 41.7 Å². The van der Waals surface area contributed by atoms with Crippen molar-refractivity contribution in [2.45, 2.75) is 78.0 Å². The van der Waals surface area contributed by atoms with Gasteiger partial charge in [-0.3, -0.25) is 4.79 Å². The normalized spacial score (nSPS) is 16.5. The Morgan fingerprint density at radius 2 is 2.09 bits per heavy atom. The number of likely N-dealkylation sites (tertiary alicyclic amines) is 1. The average molecular weight is 458 g/mol. The number of aromatic nitrogens is 2. The number of furan rings is 1. The van der Waals surface area contributed by atoms with Gasteiger partial charge in [0, 0.05) is 31.2 Å². The molecule has 3 heterocycles. The predicted molar refractivity (Wildman–Crippen MR) is 125 cm³/mol. The molecular weight excluding hydrogens is 422 g/mol. The molecule has 0 radical (unpaired) electrons. The second-order valence-corrected chi connectivity index (χ2v) is 9.61. The summed E-state index contributed by atoms with van der Waals surface area (Å²) >= 11 is 0. The van der Waals surface area contributed by atoms with Crippen molar-refractivity contribution in [2.75, 3.05) is 18.4 Å². The SMILES string of the molecule is CC(C)c1ncc(C(=O)N2CCCCC2CNC(=O)OC(C)(C)C)c(NCc2ccco2)n1. The molecule has 2 aromatic heterocycles. The average Bonchev–Trinajstić information content (AvgIpc) is 3.28. The molecule has 1 fully saturated rings. The highest BCUT2D eigenvalue weighted by Gasteiger charge is 2.30. The summed E-state index contributed by atoms with van der Waals surface area (Å²) in [6.45, 7) is 10.8. The van der Waals surface area contributed by atoms with Crippen molar-refractivity contribution in [3.63, 3.8) is 0 Å². The van der Waals surface area contributed by atoms with E-state index in [-0.39, 0.29) is 17.9 Å². The Bertz CT molecular complexity index is 937. The Hall–Kier alpha value is -3.10. The van der Waals surface area contributed by atoms with Gasteiger partial charge in [0.2, 0.25) is 0 Å².